The maximum atomic E-state index is 13.5. The van der Waals surface area contributed by atoms with Crippen LogP contribution in [0.4, 0.5) is 4.79 Å². The van der Waals surface area contributed by atoms with E-state index in [2.05, 4.69) is 24.3 Å². The number of fused-ring (bicyclic) bond motifs is 3. The van der Waals surface area contributed by atoms with Crippen LogP contribution >= 0.6 is 0 Å². The lowest BCUT2D eigenvalue weighted by Gasteiger charge is -2.33. The molecule has 2 aliphatic heterocycles. The molecular weight excluding hydrogens is 444 g/mol. The zero-order valence-corrected chi connectivity index (χ0v) is 20.1. The Kier molecular flexibility index (Phi) is 6.26. The quantitative estimate of drug-likeness (QED) is 0.636. The van der Waals surface area contributed by atoms with Crippen LogP contribution in [0.1, 0.15) is 56.1 Å². The molecule has 1 spiro atoms. The summed E-state index contributed by atoms with van der Waals surface area (Å²) < 4.78 is 5.89. The molecule has 0 radical (unpaired) electrons. The lowest BCUT2D eigenvalue weighted by molar-refractivity contribution is -0.137. The maximum Gasteiger partial charge on any atom is 0.410 e. The van der Waals surface area contributed by atoms with Gasteiger partial charge >= 0.3 is 12.1 Å². The normalized spacial score (nSPS) is 21.9. The summed E-state index contributed by atoms with van der Waals surface area (Å²) in [6, 6.07) is 16.5. The number of nitrogens with zero attached hydrogens (tertiary/aromatic N) is 2. The Morgan fingerprint density at radius 1 is 1.06 bits per heavy atom. The fourth-order valence-corrected chi connectivity index (χ4v) is 6.13. The number of likely N-dealkylation sites (tertiary alicyclic amines) is 2. The third-order valence-electron chi connectivity index (χ3n) is 7.91. The van der Waals surface area contributed by atoms with Crippen molar-refractivity contribution in [2.75, 3.05) is 26.2 Å². The number of carbonyl (C=O) groups excluding carboxylic acids is 2. The first-order chi connectivity index (χ1) is 16.9. The summed E-state index contributed by atoms with van der Waals surface area (Å²) in [4.78, 5) is 41.1. The Balaban J connectivity index is 1.26. The van der Waals surface area contributed by atoms with Gasteiger partial charge in [0.05, 0.1) is 0 Å². The molecule has 0 saturated carbocycles. The van der Waals surface area contributed by atoms with Crippen molar-refractivity contribution in [2.45, 2.75) is 50.5 Å². The number of carboxylic acid groups (broad SMARTS) is 1. The molecule has 2 fully saturated rings. The number of benzene rings is 2. The fraction of sp³-hybridized carbons (Fsp3) is 0.464. The van der Waals surface area contributed by atoms with E-state index in [4.69, 9.17) is 9.84 Å². The highest BCUT2D eigenvalue weighted by atomic mass is 16.6. The van der Waals surface area contributed by atoms with Gasteiger partial charge in [-0.1, -0.05) is 55.5 Å². The molecule has 3 aliphatic rings. The first-order valence-electron chi connectivity index (χ1n) is 12.5. The Bertz CT molecular complexity index is 1100. The van der Waals surface area contributed by atoms with Gasteiger partial charge in [-0.2, -0.15) is 0 Å². The van der Waals surface area contributed by atoms with E-state index in [1.54, 1.807) is 4.90 Å². The van der Waals surface area contributed by atoms with Crippen LogP contribution in [0.15, 0.2) is 48.5 Å². The molecule has 0 bridgehead atoms. The van der Waals surface area contributed by atoms with E-state index in [1.807, 2.05) is 36.1 Å². The monoisotopic (exact) mass is 476 g/mol. The number of carbonyl (C=O) groups is 3. The first kappa shape index (κ1) is 23.4. The summed E-state index contributed by atoms with van der Waals surface area (Å²) in [6.45, 7) is 3.84. The minimum atomic E-state index is -0.824. The van der Waals surface area contributed by atoms with E-state index in [9.17, 15) is 14.4 Å². The van der Waals surface area contributed by atoms with E-state index in [1.165, 1.54) is 11.1 Å². The van der Waals surface area contributed by atoms with Crippen molar-refractivity contribution in [1.82, 2.24) is 9.80 Å². The highest BCUT2D eigenvalue weighted by Gasteiger charge is 2.55. The second-order valence-electron chi connectivity index (χ2n) is 10.1. The molecule has 0 aromatic heterocycles. The minimum absolute atomic E-state index is 0.0178. The number of hydrogen-bond donors (Lipinski definition) is 1. The van der Waals surface area contributed by atoms with Crippen molar-refractivity contribution in [1.29, 1.82) is 0 Å². The van der Waals surface area contributed by atoms with E-state index in [-0.39, 0.29) is 30.8 Å². The molecule has 7 nitrogen and oxygen atoms in total. The summed E-state index contributed by atoms with van der Waals surface area (Å²) in [7, 11) is 0. The predicted octanol–water partition coefficient (Wildman–Crippen LogP) is 4.50. The fourth-order valence-electron chi connectivity index (χ4n) is 6.13. The van der Waals surface area contributed by atoms with Crippen LogP contribution in [0.5, 0.6) is 0 Å². The lowest BCUT2D eigenvalue weighted by Crippen LogP contribution is -2.53. The van der Waals surface area contributed by atoms with E-state index in [0.717, 1.165) is 17.5 Å². The van der Waals surface area contributed by atoms with Gasteiger partial charge in [-0.15, -0.1) is 0 Å². The van der Waals surface area contributed by atoms with Crippen LogP contribution in [0.2, 0.25) is 0 Å². The molecule has 2 atom stereocenters. The third-order valence-corrected chi connectivity index (χ3v) is 7.91. The van der Waals surface area contributed by atoms with Crippen LogP contribution < -0.4 is 0 Å². The van der Waals surface area contributed by atoms with Gasteiger partial charge in [0, 0.05) is 32.0 Å². The summed E-state index contributed by atoms with van der Waals surface area (Å²) in [5.41, 5.74) is 3.86. The van der Waals surface area contributed by atoms with Gasteiger partial charge in [0.1, 0.15) is 12.1 Å². The summed E-state index contributed by atoms with van der Waals surface area (Å²) in [5, 5.41) is 8.94. The first-order valence-corrected chi connectivity index (χ1v) is 12.5. The molecule has 5 rings (SSSR count). The number of carboxylic acids is 1. The van der Waals surface area contributed by atoms with Crippen molar-refractivity contribution in [3.8, 4) is 11.1 Å². The summed E-state index contributed by atoms with van der Waals surface area (Å²) in [6.07, 6.45) is 2.23. The third kappa shape index (κ3) is 4.17. The lowest BCUT2D eigenvalue weighted by atomic mass is 9.94. The van der Waals surface area contributed by atoms with E-state index in [0.29, 0.717) is 38.9 Å². The SMILES string of the molecule is CC(CCC(=O)O)CN1CC[C@@]2(CCCN2C(=O)OCC2c3ccccc3-c3ccccc32)C1=O. The van der Waals surface area contributed by atoms with Crippen LogP contribution in [-0.2, 0) is 14.3 Å². The van der Waals surface area contributed by atoms with Gasteiger partial charge in [0.15, 0.2) is 0 Å². The molecule has 35 heavy (non-hydrogen) atoms. The van der Waals surface area contributed by atoms with Crippen molar-refractivity contribution in [2.24, 2.45) is 5.92 Å². The van der Waals surface area contributed by atoms with Gasteiger partial charge in [0.2, 0.25) is 5.91 Å². The highest BCUT2D eigenvalue weighted by molar-refractivity contribution is 5.92. The van der Waals surface area contributed by atoms with Crippen LogP contribution in [0, 0.1) is 5.92 Å². The Hall–Kier alpha value is -3.35. The Labute approximate surface area is 205 Å². The van der Waals surface area contributed by atoms with Crippen molar-refractivity contribution >= 4 is 18.0 Å². The number of amides is 2. The standard InChI is InChI=1S/C28H32N2O5/c1-19(11-12-25(31)32)17-29-16-14-28(26(29)33)13-6-15-30(28)27(34)35-18-24-22-9-4-2-7-20(22)21-8-3-5-10-23(21)24/h2-5,7-10,19,24H,6,11-18H2,1H3,(H,31,32)/t19?,28-/m0/s1. The van der Waals surface area contributed by atoms with Crippen LogP contribution in [-0.4, -0.2) is 64.7 Å². The molecular formula is C28H32N2O5. The molecule has 2 aromatic carbocycles. The molecule has 184 valence electrons. The van der Waals surface area contributed by atoms with Crippen LogP contribution in [0.3, 0.4) is 0 Å². The Morgan fingerprint density at radius 2 is 1.71 bits per heavy atom. The molecule has 1 N–H and O–H groups in total. The molecule has 2 saturated heterocycles. The molecule has 1 aliphatic carbocycles. The average Bonchev–Trinajstić information content (AvgIpc) is 3.52. The summed E-state index contributed by atoms with van der Waals surface area (Å²) >= 11 is 0. The predicted molar refractivity (Wildman–Crippen MR) is 131 cm³/mol. The largest absolute Gasteiger partial charge is 0.481 e. The highest BCUT2D eigenvalue weighted by Crippen LogP contribution is 2.45. The smallest absolute Gasteiger partial charge is 0.410 e. The Morgan fingerprint density at radius 3 is 2.37 bits per heavy atom. The molecule has 7 heteroatoms. The molecule has 1 unspecified atom stereocenters. The molecule has 2 amide bonds. The van der Waals surface area contributed by atoms with Crippen molar-refractivity contribution in [3.63, 3.8) is 0 Å². The maximum absolute atomic E-state index is 13.5. The van der Waals surface area contributed by atoms with Gasteiger partial charge in [-0.05, 0) is 53.9 Å². The van der Waals surface area contributed by atoms with Gasteiger partial charge in [0.25, 0.3) is 0 Å². The number of rotatable bonds is 7. The van der Waals surface area contributed by atoms with Crippen molar-refractivity contribution < 1.29 is 24.2 Å². The van der Waals surface area contributed by atoms with Crippen molar-refractivity contribution in [3.05, 3.63) is 59.7 Å². The van der Waals surface area contributed by atoms with Gasteiger partial charge in [-0.3, -0.25) is 14.5 Å². The number of hydrogen-bond acceptors (Lipinski definition) is 4. The van der Waals surface area contributed by atoms with Gasteiger partial charge in [-0.25, -0.2) is 4.79 Å². The van der Waals surface area contributed by atoms with E-state index < -0.39 is 17.6 Å². The second-order valence-corrected chi connectivity index (χ2v) is 10.1. The number of aliphatic carboxylic acids is 1. The second kappa shape index (κ2) is 9.36. The zero-order valence-electron chi connectivity index (χ0n) is 20.1. The number of ether oxygens (including phenoxy) is 1. The van der Waals surface area contributed by atoms with Gasteiger partial charge < -0.3 is 14.7 Å². The average molecular weight is 477 g/mol. The summed E-state index contributed by atoms with van der Waals surface area (Å²) in [5.74, 6) is -0.769. The minimum Gasteiger partial charge on any atom is -0.481 e. The molecule has 2 aromatic rings. The topological polar surface area (TPSA) is 87.2 Å². The zero-order chi connectivity index (χ0) is 24.6. The molecule has 2 heterocycles. The van der Waals surface area contributed by atoms with Crippen LogP contribution in [0.25, 0.3) is 11.1 Å². The van der Waals surface area contributed by atoms with E-state index >= 15 is 0 Å².